The molecule has 3 heterocycles. The maximum Gasteiger partial charge on any atom is 0.324 e. The Morgan fingerprint density at radius 2 is 1.69 bits per heavy atom. The highest BCUT2D eigenvalue weighted by Gasteiger charge is 2.46. The van der Waals surface area contributed by atoms with E-state index < -0.39 is 10.0 Å². The molecule has 0 radical (unpaired) electrons. The van der Waals surface area contributed by atoms with Crippen molar-refractivity contribution in [2.45, 2.75) is 97.1 Å². The molecule has 5 rings (SSSR count). The van der Waals surface area contributed by atoms with Gasteiger partial charge in [-0.25, -0.2) is 17.9 Å². The molecule has 2 aromatic carbocycles. The number of sulfonamides is 1. The number of aryl methyl sites for hydroxylation is 1. The molecule has 0 saturated carbocycles. The zero-order valence-corrected chi connectivity index (χ0v) is 26.4. The first-order chi connectivity index (χ1) is 19.9. The standard InChI is InChI=1S/C33H45N5O3S/c1-6-7-17-42(40,41)38-28-15-16-29(38)21-25(20-28)18-24-9-8-10-26(19-24)34-32(39)35-31-22-30(33(3,4)5)36-37(31)27-13-11-23(2)12-14-27/h8-14,19,22,25,28-29H,6-7,15-18,20-21H2,1-5H3,(H2,34,35,39). The van der Waals surface area contributed by atoms with Crippen molar-refractivity contribution < 1.29 is 13.2 Å². The van der Waals surface area contributed by atoms with Gasteiger partial charge in [-0.05, 0) is 81.2 Å². The largest absolute Gasteiger partial charge is 0.324 e. The topological polar surface area (TPSA) is 96.3 Å². The number of piperidine rings is 1. The van der Waals surface area contributed by atoms with Crippen LogP contribution in [0.4, 0.5) is 16.3 Å². The molecule has 2 bridgehead atoms. The molecule has 2 atom stereocenters. The number of carbonyl (C=O) groups excluding carboxylic acids is 1. The Morgan fingerprint density at radius 3 is 2.33 bits per heavy atom. The van der Waals surface area contributed by atoms with Crippen LogP contribution in [0.3, 0.4) is 0 Å². The number of hydrogen-bond donors (Lipinski definition) is 2. The molecule has 2 amide bonds. The van der Waals surface area contributed by atoms with Crippen LogP contribution < -0.4 is 10.6 Å². The lowest BCUT2D eigenvalue weighted by Crippen LogP contribution is -2.47. The van der Waals surface area contributed by atoms with Crippen molar-refractivity contribution in [3.8, 4) is 5.69 Å². The molecule has 9 heteroatoms. The van der Waals surface area contributed by atoms with Crippen molar-refractivity contribution in [3.63, 3.8) is 0 Å². The van der Waals surface area contributed by atoms with E-state index in [1.54, 1.807) is 4.68 Å². The van der Waals surface area contributed by atoms with E-state index in [-0.39, 0.29) is 29.3 Å². The van der Waals surface area contributed by atoms with E-state index in [0.717, 1.165) is 73.1 Å². The minimum Gasteiger partial charge on any atom is -0.308 e. The number of nitrogens with one attached hydrogen (secondary N) is 2. The lowest BCUT2D eigenvalue weighted by atomic mass is 9.87. The van der Waals surface area contributed by atoms with Gasteiger partial charge in [0, 0.05) is 29.3 Å². The zero-order chi connectivity index (χ0) is 30.1. The highest BCUT2D eigenvalue weighted by atomic mass is 32.2. The predicted molar refractivity (Wildman–Crippen MR) is 170 cm³/mol. The number of carbonyl (C=O) groups is 1. The van der Waals surface area contributed by atoms with Crippen LogP contribution in [0, 0.1) is 12.8 Å². The maximum atomic E-state index is 13.2. The fourth-order valence-electron chi connectivity index (χ4n) is 6.41. The molecule has 3 aromatic rings. The summed E-state index contributed by atoms with van der Waals surface area (Å²) in [4.78, 5) is 13.2. The number of aromatic nitrogens is 2. The van der Waals surface area contributed by atoms with Gasteiger partial charge in [0.05, 0.1) is 17.1 Å². The number of nitrogens with zero attached hydrogens (tertiary/aromatic N) is 3. The van der Waals surface area contributed by atoms with Gasteiger partial charge >= 0.3 is 6.03 Å². The van der Waals surface area contributed by atoms with Crippen molar-refractivity contribution >= 4 is 27.6 Å². The molecule has 2 aliphatic heterocycles. The number of rotatable bonds is 9. The van der Waals surface area contributed by atoms with Crippen molar-refractivity contribution in [2.24, 2.45) is 5.92 Å². The lowest BCUT2D eigenvalue weighted by Gasteiger charge is -2.38. The van der Waals surface area contributed by atoms with E-state index in [4.69, 9.17) is 5.10 Å². The van der Waals surface area contributed by atoms with Crippen LogP contribution >= 0.6 is 0 Å². The summed E-state index contributed by atoms with van der Waals surface area (Å²) in [6.45, 7) is 10.4. The van der Waals surface area contributed by atoms with E-state index in [9.17, 15) is 13.2 Å². The molecule has 2 N–H and O–H groups in total. The first-order valence-electron chi connectivity index (χ1n) is 15.3. The van der Waals surface area contributed by atoms with Crippen LogP contribution in [0.5, 0.6) is 0 Å². The van der Waals surface area contributed by atoms with Gasteiger partial charge < -0.3 is 5.32 Å². The van der Waals surface area contributed by atoms with Gasteiger partial charge in [-0.1, -0.05) is 63.9 Å². The van der Waals surface area contributed by atoms with E-state index in [1.165, 1.54) is 0 Å². The van der Waals surface area contributed by atoms with Gasteiger partial charge in [0.15, 0.2) is 0 Å². The van der Waals surface area contributed by atoms with Gasteiger partial charge in [-0.2, -0.15) is 9.40 Å². The predicted octanol–water partition coefficient (Wildman–Crippen LogP) is 7.04. The fourth-order valence-corrected chi connectivity index (χ4v) is 8.56. The molecule has 226 valence electrons. The van der Waals surface area contributed by atoms with Crippen LogP contribution in [0.25, 0.3) is 5.69 Å². The van der Waals surface area contributed by atoms with Crippen LogP contribution in [-0.2, 0) is 21.9 Å². The second-order valence-corrected chi connectivity index (χ2v) is 15.1. The van der Waals surface area contributed by atoms with Gasteiger partial charge in [0.25, 0.3) is 0 Å². The highest BCUT2D eigenvalue weighted by molar-refractivity contribution is 7.89. The van der Waals surface area contributed by atoms with Crippen LogP contribution in [-0.4, -0.2) is 46.4 Å². The molecule has 2 fully saturated rings. The Bertz CT molecular complexity index is 1490. The van der Waals surface area contributed by atoms with E-state index in [0.29, 0.717) is 11.7 Å². The summed E-state index contributed by atoms with van der Waals surface area (Å²) in [7, 11) is -3.18. The summed E-state index contributed by atoms with van der Waals surface area (Å²) in [5, 5.41) is 10.8. The Kier molecular flexibility index (Phi) is 8.81. The smallest absolute Gasteiger partial charge is 0.308 e. The SMILES string of the molecule is CCCCS(=O)(=O)N1C2CCC1CC(Cc1cccc(NC(=O)Nc3cc(C(C)(C)C)nn3-c3ccc(C)cc3)c1)C2. The molecule has 42 heavy (non-hydrogen) atoms. The quantitative estimate of drug-likeness (QED) is 0.279. The molecule has 1 aromatic heterocycles. The summed E-state index contributed by atoms with van der Waals surface area (Å²) < 4.78 is 29.6. The third kappa shape index (κ3) is 6.89. The summed E-state index contributed by atoms with van der Waals surface area (Å²) in [5.41, 5.74) is 4.63. The number of hydrogen-bond acceptors (Lipinski definition) is 4. The summed E-state index contributed by atoms with van der Waals surface area (Å²) in [6.07, 6.45) is 6.22. The van der Waals surface area contributed by atoms with Crippen molar-refractivity contribution in [1.29, 1.82) is 0 Å². The van der Waals surface area contributed by atoms with Crippen LogP contribution in [0.15, 0.2) is 54.6 Å². The monoisotopic (exact) mass is 591 g/mol. The molecule has 2 aliphatic rings. The first-order valence-corrected chi connectivity index (χ1v) is 16.9. The second kappa shape index (κ2) is 12.2. The summed E-state index contributed by atoms with van der Waals surface area (Å²) >= 11 is 0. The summed E-state index contributed by atoms with van der Waals surface area (Å²) in [6, 6.07) is 17.9. The van der Waals surface area contributed by atoms with Crippen molar-refractivity contribution in [1.82, 2.24) is 14.1 Å². The molecule has 0 spiro atoms. The Balaban J connectivity index is 1.24. The lowest BCUT2D eigenvalue weighted by molar-refractivity contribution is 0.190. The minimum absolute atomic E-state index is 0.124. The molecular formula is C33H45N5O3S. The van der Waals surface area contributed by atoms with Gasteiger partial charge in [0.2, 0.25) is 10.0 Å². The molecule has 8 nitrogen and oxygen atoms in total. The van der Waals surface area contributed by atoms with Gasteiger partial charge in [0.1, 0.15) is 5.82 Å². The number of anilines is 2. The summed E-state index contributed by atoms with van der Waals surface area (Å²) in [5.74, 6) is 1.30. The molecule has 2 saturated heterocycles. The van der Waals surface area contributed by atoms with E-state index in [1.807, 2.05) is 66.7 Å². The first kappa shape index (κ1) is 30.3. The van der Waals surface area contributed by atoms with Crippen LogP contribution in [0.2, 0.25) is 0 Å². The Morgan fingerprint density at radius 1 is 1.00 bits per heavy atom. The molecule has 2 unspecified atom stereocenters. The highest BCUT2D eigenvalue weighted by Crippen LogP contribution is 2.42. The maximum absolute atomic E-state index is 13.2. The second-order valence-electron chi connectivity index (χ2n) is 13.1. The fraction of sp³-hybridized carbons (Fsp3) is 0.515. The van der Waals surface area contributed by atoms with Crippen LogP contribution in [0.1, 0.15) is 83.0 Å². The minimum atomic E-state index is -3.18. The third-order valence-electron chi connectivity index (χ3n) is 8.55. The van der Waals surface area contributed by atoms with Gasteiger partial charge in [-0.3, -0.25) is 5.32 Å². The molecular weight excluding hydrogens is 546 g/mol. The third-order valence-corrected chi connectivity index (χ3v) is 10.6. The van der Waals surface area contributed by atoms with Crippen molar-refractivity contribution in [3.05, 3.63) is 71.4 Å². The van der Waals surface area contributed by atoms with E-state index >= 15 is 0 Å². The van der Waals surface area contributed by atoms with Gasteiger partial charge in [-0.15, -0.1) is 0 Å². The number of urea groups is 1. The number of benzene rings is 2. The number of amides is 2. The molecule has 0 aliphatic carbocycles. The van der Waals surface area contributed by atoms with E-state index in [2.05, 4.69) is 37.5 Å². The Hall–Kier alpha value is -3.17. The van der Waals surface area contributed by atoms with Crippen molar-refractivity contribution in [2.75, 3.05) is 16.4 Å². The average Bonchev–Trinajstić information content (AvgIpc) is 3.47. The Labute approximate surface area is 250 Å². The zero-order valence-electron chi connectivity index (χ0n) is 25.6. The average molecular weight is 592 g/mol. The normalized spacial score (nSPS) is 20.9. The number of fused-ring (bicyclic) bond motifs is 2. The number of unbranched alkanes of at least 4 members (excludes halogenated alkanes) is 1.